The fourth-order valence-corrected chi connectivity index (χ4v) is 3.65. The number of ether oxygens (including phenoxy) is 4. The van der Waals surface area contributed by atoms with Gasteiger partial charge in [-0.25, -0.2) is 4.79 Å². The highest BCUT2D eigenvalue weighted by Crippen LogP contribution is 2.28. The smallest absolute Gasteiger partial charge is 0.338 e. The summed E-state index contributed by atoms with van der Waals surface area (Å²) in [6.45, 7) is 2.29. The summed E-state index contributed by atoms with van der Waals surface area (Å²) >= 11 is 5.92. The zero-order valence-electron chi connectivity index (χ0n) is 18.1. The molecule has 4 rings (SSSR count). The third-order valence-electron chi connectivity index (χ3n) is 5.33. The van der Waals surface area contributed by atoms with Crippen molar-refractivity contribution in [3.8, 4) is 5.75 Å². The van der Waals surface area contributed by atoms with Crippen molar-refractivity contribution in [2.75, 3.05) is 6.61 Å². The highest BCUT2D eigenvalue weighted by Gasteiger charge is 2.48. The predicted molar refractivity (Wildman–Crippen MR) is 123 cm³/mol. The first kappa shape index (κ1) is 23.3. The van der Waals surface area contributed by atoms with Crippen LogP contribution in [0.3, 0.4) is 0 Å². The van der Waals surface area contributed by atoms with Crippen molar-refractivity contribution in [2.45, 2.75) is 38.1 Å². The zero-order valence-corrected chi connectivity index (χ0v) is 18.9. The Balaban J connectivity index is 1.48. The molecule has 0 radical (unpaired) electrons. The molecule has 33 heavy (non-hydrogen) atoms. The summed E-state index contributed by atoms with van der Waals surface area (Å²) in [5.41, 5.74) is 2.37. The van der Waals surface area contributed by atoms with Gasteiger partial charge >= 0.3 is 5.97 Å². The number of aliphatic hydroxyl groups is 1. The Morgan fingerprint density at radius 1 is 0.970 bits per heavy atom. The Morgan fingerprint density at radius 2 is 1.67 bits per heavy atom. The van der Waals surface area contributed by atoms with E-state index in [4.69, 9.17) is 30.5 Å². The second-order valence-corrected chi connectivity index (χ2v) is 8.26. The molecule has 7 heteroatoms. The van der Waals surface area contributed by atoms with E-state index in [-0.39, 0.29) is 13.2 Å². The van der Waals surface area contributed by atoms with Crippen molar-refractivity contribution in [2.24, 2.45) is 0 Å². The van der Waals surface area contributed by atoms with Crippen LogP contribution in [0, 0.1) is 6.92 Å². The van der Waals surface area contributed by atoms with Crippen molar-refractivity contribution >= 4 is 17.6 Å². The molecule has 1 unspecified atom stereocenters. The minimum atomic E-state index is -1.27. The van der Waals surface area contributed by atoms with Gasteiger partial charge in [0, 0.05) is 5.02 Å². The predicted octanol–water partition coefficient (Wildman–Crippen LogP) is 4.56. The number of hydrogen-bond donors (Lipinski definition) is 1. The summed E-state index contributed by atoms with van der Waals surface area (Å²) in [6, 6.07) is 23.5. The molecule has 0 aromatic heterocycles. The first-order valence-corrected chi connectivity index (χ1v) is 11.0. The van der Waals surface area contributed by atoms with Crippen LogP contribution < -0.4 is 4.74 Å². The average Bonchev–Trinajstić information content (AvgIpc) is 3.12. The fraction of sp³-hybridized carbons (Fsp3) is 0.269. The molecule has 1 aliphatic heterocycles. The summed E-state index contributed by atoms with van der Waals surface area (Å²) in [5.74, 6) is 0.0816. The zero-order chi connectivity index (χ0) is 23.2. The van der Waals surface area contributed by atoms with Crippen molar-refractivity contribution in [1.29, 1.82) is 0 Å². The molecule has 6 nitrogen and oxygen atoms in total. The molecule has 1 saturated heterocycles. The maximum absolute atomic E-state index is 12.8. The molecule has 3 aromatic rings. The highest BCUT2D eigenvalue weighted by molar-refractivity contribution is 6.30. The molecular weight excluding hydrogens is 444 g/mol. The van der Waals surface area contributed by atoms with Crippen molar-refractivity contribution < 1.29 is 28.8 Å². The van der Waals surface area contributed by atoms with Gasteiger partial charge < -0.3 is 24.1 Å². The average molecular weight is 469 g/mol. The minimum Gasteiger partial charge on any atom is -0.491 e. The molecule has 3 aromatic carbocycles. The van der Waals surface area contributed by atoms with E-state index in [0.717, 1.165) is 11.1 Å². The van der Waals surface area contributed by atoms with Gasteiger partial charge in [0.1, 0.15) is 24.6 Å². The van der Waals surface area contributed by atoms with Gasteiger partial charge in [0.25, 0.3) is 0 Å². The van der Waals surface area contributed by atoms with Crippen LogP contribution in [0.4, 0.5) is 0 Å². The number of esters is 1. The van der Waals surface area contributed by atoms with Crippen LogP contribution in [0.1, 0.15) is 21.5 Å². The van der Waals surface area contributed by atoms with Gasteiger partial charge in [-0.1, -0.05) is 59.6 Å². The van der Waals surface area contributed by atoms with Gasteiger partial charge in [-0.15, -0.1) is 0 Å². The lowest BCUT2D eigenvalue weighted by Crippen LogP contribution is -2.41. The number of carbonyl (C=O) groups is 1. The standard InChI is InChI=1S/C26H25ClO6/c1-17-7-13-21(14-8-17)30-16-22-23(33-25(28)19-9-11-20(27)12-10-19)24(26(29)32-22)31-15-18-5-3-2-4-6-18/h2-14,22-24,26,29H,15-16H2,1H3/t22-,23-,24+,26?/m1/s1. The number of aliphatic hydroxyl groups excluding tert-OH is 1. The van der Waals surface area contributed by atoms with Crippen LogP contribution in [0.5, 0.6) is 5.75 Å². The monoisotopic (exact) mass is 468 g/mol. The largest absolute Gasteiger partial charge is 0.491 e. The van der Waals surface area contributed by atoms with E-state index >= 15 is 0 Å². The number of hydrogen-bond acceptors (Lipinski definition) is 6. The molecule has 1 aliphatic rings. The lowest BCUT2D eigenvalue weighted by molar-refractivity contribution is -0.149. The molecular formula is C26H25ClO6. The molecule has 1 heterocycles. The Bertz CT molecular complexity index is 1040. The number of carbonyl (C=O) groups excluding carboxylic acids is 1. The molecule has 1 N–H and O–H groups in total. The summed E-state index contributed by atoms with van der Waals surface area (Å²) in [6.07, 6.45) is -3.76. The molecule has 1 fully saturated rings. The Morgan fingerprint density at radius 3 is 2.36 bits per heavy atom. The first-order chi connectivity index (χ1) is 16.0. The van der Waals surface area contributed by atoms with Crippen LogP contribution in [-0.4, -0.2) is 42.3 Å². The molecule has 0 spiro atoms. The lowest BCUT2D eigenvalue weighted by Gasteiger charge is -2.24. The van der Waals surface area contributed by atoms with E-state index in [9.17, 15) is 9.90 Å². The fourth-order valence-electron chi connectivity index (χ4n) is 3.52. The minimum absolute atomic E-state index is 0.0733. The van der Waals surface area contributed by atoms with Gasteiger partial charge in [-0.05, 0) is 48.9 Å². The third-order valence-corrected chi connectivity index (χ3v) is 5.58. The summed E-state index contributed by atoms with van der Waals surface area (Å²) in [5, 5.41) is 11.1. The molecule has 4 atom stereocenters. The van der Waals surface area contributed by atoms with E-state index in [0.29, 0.717) is 16.3 Å². The van der Waals surface area contributed by atoms with Gasteiger partial charge in [0.2, 0.25) is 0 Å². The second-order valence-electron chi connectivity index (χ2n) is 7.83. The Kier molecular flexibility index (Phi) is 7.62. The third kappa shape index (κ3) is 6.12. The van der Waals surface area contributed by atoms with Gasteiger partial charge in [0.05, 0.1) is 12.2 Å². The van der Waals surface area contributed by atoms with Gasteiger partial charge in [-0.2, -0.15) is 0 Å². The van der Waals surface area contributed by atoms with Gasteiger partial charge in [-0.3, -0.25) is 0 Å². The van der Waals surface area contributed by atoms with Crippen LogP contribution >= 0.6 is 11.6 Å². The molecule has 0 bridgehead atoms. The molecule has 0 saturated carbocycles. The summed E-state index contributed by atoms with van der Waals surface area (Å²) < 4.78 is 23.2. The van der Waals surface area contributed by atoms with Crippen LogP contribution in [0.2, 0.25) is 5.02 Å². The van der Waals surface area contributed by atoms with E-state index < -0.39 is 30.6 Å². The molecule has 0 aliphatic carbocycles. The maximum atomic E-state index is 12.8. The van der Waals surface area contributed by atoms with E-state index in [1.165, 1.54) is 0 Å². The van der Waals surface area contributed by atoms with Crippen molar-refractivity contribution in [1.82, 2.24) is 0 Å². The topological polar surface area (TPSA) is 74.2 Å². The summed E-state index contributed by atoms with van der Waals surface area (Å²) in [7, 11) is 0. The molecule has 172 valence electrons. The summed E-state index contributed by atoms with van der Waals surface area (Å²) in [4.78, 5) is 12.8. The normalized spacial score (nSPS) is 22.2. The van der Waals surface area contributed by atoms with E-state index in [2.05, 4.69) is 0 Å². The SMILES string of the molecule is Cc1ccc(OC[C@H]2OC(O)[C@@H](OCc3ccccc3)[C@@H]2OC(=O)c2ccc(Cl)cc2)cc1. The second kappa shape index (κ2) is 10.8. The quantitative estimate of drug-likeness (QED) is 0.489. The van der Waals surface area contributed by atoms with Crippen LogP contribution in [0.15, 0.2) is 78.9 Å². The van der Waals surface area contributed by atoms with Crippen LogP contribution in [-0.2, 0) is 20.8 Å². The van der Waals surface area contributed by atoms with Crippen LogP contribution in [0.25, 0.3) is 0 Å². The van der Waals surface area contributed by atoms with E-state index in [1.807, 2.05) is 61.5 Å². The number of halogens is 1. The highest BCUT2D eigenvalue weighted by atomic mass is 35.5. The van der Waals surface area contributed by atoms with E-state index in [1.54, 1.807) is 24.3 Å². The Hall–Kier alpha value is -2.90. The Labute approximate surface area is 197 Å². The maximum Gasteiger partial charge on any atom is 0.338 e. The van der Waals surface area contributed by atoms with Crippen molar-refractivity contribution in [3.63, 3.8) is 0 Å². The number of benzene rings is 3. The number of aryl methyl sites for hydroxylation is 1. The lowest BCUT2D eigenvalue weighted by atomic mass is 10.1. The van der Waals surface area contributed by atoms with Crippen molar-refractivity contribution in [3.05, 3.63) is 101 Å². The van der Waals surface area contributed by atoms with Gasteiger partial charge in [0.15, 0.2) is 12.4 Å². The molecule has 0 amide bonds. The number of rotatable bonds is 8. The first-order valence-electron chi connectivity index (χ1n) is 10.6.